The van der Waals surface area contributed by atoms with Crippen molar-refractivity contribution in [1.82, 2.24) is 0 Å². The molecule has 136 valence electrons. The SMILES string of the molecule is CCCS(=O)(=O)CC(=O)Nc1cccc(OCc2cccc(C#N)c2)c1. The van der Waals surface area contributed by atoms with Crippen LogP contribution in [0.25, 0.3) is 0 Å². The number of nitriles is 1. The Morgan fingerprint density at radius 1 is 1.19 bits per heavy atom. The quantitative estimate of drug-likeness (QED) is 0.768. The molecule has 0 bridgehead atoms. The molecule has 0 heterocycles. The van der Waals surface area contributed by atoms with Crippen LogP contribution in [0, 0.1) is 11.3 Å². The van der Waals surface area contributed by atoms with Crippen molar-refractivity contribution in [3.8, 4) is 11.8 Å². The molecule has 0 fully saturated rings. The largest absolute Gasteiger partial charge is 0.489 e. The summed E-state index contributed by atoms with van der Waals surface area (Å²) in [5.74, 6) is -0.586. The van der Waals surface area contributed by atoms with E-state index in [0.29, 0.717) is 23.4 Å². The Morgan fingerprint density at radius 3 is 2.69 bits per heavy atom. The molecule has 0 aliphatic rings. The third-order valence-electron chi connectivity index (χ3n) is 3.45. The number of anilines is 1. The lowest BCUT2D eigenvalue weighted by atomic mass is 10.1. The van der Waals surface area contributed by atoms with Gasteiger partial charge in [-0.25, -0.2) is 8.42 Å². The molecule has 2 rings (SSSR count). The summed E-state index contributed by atoms with van der Waals surface area (Å²) in [6.07, 6.45) is 0.478. The van der Waals surface area contributed by atoms with Crippen LogP contribution >= 0.6 is 0 Å². The first-order valence-electron chi connectivity index (χ1n) is 8.14. The van der Waals surface area contributed by atoms with E-state index in [1.807, 2.05) is 6.07 Å². The smallest absolute Gasteiger partial charge is 0.239 e. The zero-order valence-electron chi connectivity index (χ0n) is 14.4. The number of sulfone groups is 1. The van der Waals surface area contributed by atoms with E-state index in [2.05, 4.69) is 11.4 Å². The fourth-order valence-electron chi connectivity index (χ4n) is 2.34. The molecule has 26 heavy (non-hydrogen) atoms. The highest BCUT2D eigenvalue weighted by Crippen LogP contribution is 2.19. The number of carbonyl (C=O) groups is 1. The van der Waals surface area contributed by atoms with Gasteiger partial charge in [-0.1, -0.05) is 25.1 Å². The number of carbonyl (C=O) groups excluding carboxylic acids is 1. The highest BCUT2D eigenvalue weighted by atomic mass is 32.2. The molecule has 0 aromatic heterocycles. The van der Waals surface area contributed by atoms with Crippen LogP contribution in [0.15, 0.2) is 48.5 Å². The molecule has 0 aliphatic carbocycles. The van der Waals surface area contributed by atoms with Gasteiger partial charge in [0.25, 0.3) is 0 Å². The highest BCUT2D eigenvalue weighted by molar-refractivity contribution is 7.92. The summed E-state index contributed by atoms with van der Waals surface area (Å²) in [7, 11) is -3.38. The molecule has 0 atom stereocenters. The minimum absolute atomic E-state index is 0.00860. The summed E-state index contributed by atoms with van der Waals surface area (Å²) in [6.45, 7) is 2.03. The molecule has 0 aliphatic heterocycles. The van der Waals surface area contributed by atoms with Crippen molar-refractivity contribution in [3.05, 3.63) is 59.7 Å². The molecule has 1 amide bonds. The van der Waals surface area contributed by atoms with Crippen molar-refractivity contribution in [2.45, 2.75) is 20.0 Å². The minimum atomic E-state index is -3.38. The van der Waals surface area contributed by atoms with Gasteiger partial charge in [-0.2, -0.15) is 5.26 Å². The molecule has 2 aromatic rings. The van der Waals surface area contributed by atoms with Gasteiger partial charge in [0.05, 0.1) is 17.4 Å². The molecule has 0 spiro atoms. The predicted octanol–water partition coefficient (Wildman–Crippen LogP) is 2.90. The molecule has 0 unspecified atom stereocenters. The highest BCUT2D eigenvalue weighted by Gasteiger charge is 2.15. The summed E-state index contributed by atoms with van der Waals surface area (Å²) >= 11 is 0. The molecule has 0 saturated heterocycles. The van der Waals surface area contributed by atoms with Crippen LogP contribution in [0.1, 0.15) is 24.5 Å². The van der Waals surface area contributed by atoms with Crippen molar-refractivity contribution in [3.63, 3.8) is 0 Å². The van der Waals surface area contributed by atoms with E-state index in [4.69, 9.17) is 10.00 Å². The molecular weight excluding hydrogens is 352 g/mol. The first-order valence-corrected chi connectivity index (χ1v) is 9.96. The summed E-state index contributed by atoms with van der Waals surface area (Å²) in [5.41, 5.74) is 1.87. The second kappa shape index (κ2) is 9.02. The van der Waals surface area contributed by atoms with Crippen LogP contribution in [-0.4, -0.2) is 25.8 Å². The van der Waals surface area contributed by atoms with E-state index in [0.717, 1.165) is 5.56 Å². The Morgan fingerprint density at radius 2 is 1.96 bits per heavy atom. The second-order valence-electron chi connectivity index (χ2n) is 5.77. The van der Waals surface area contributed by atoms with E-state index in [1.54, 1.807) is 49.4 Å². The van der Waals surface area contributed by atoms with Gasteiger partial charge in [0, 0.05) is 11.8 Å². The Balaban J connectivity index is 1.97. The molecular formula is C19H20N2O4S. The first-order chi connectivity index (χ1) is 12.4. The van der Waals surface area contributed by atoms with Crippen LogP contribution in [0.4, 0.5) is 5.69 Å². The molecule has 0 saturated carbocycles. The van der Waals surface area contributed by atoms with Gasteiger partial charge >= 0.3 is 0 Å². The fourth-order valence-corrected chi connectivity index (χ4v) is 3.58. The van der Waals surface area contributed by atoms with Gasteiger partial charge in [0.15, 0.2) is 9.84 Å². The molecule has 1 N–H and O–H groups in total. The Hall–Kier alpha value is -2.85. The van der Waals surface area contributed by atoms with Crippen molar-refractivity contribution in [1.29, 1.82) is 5.26 Å². The average Bonchev–Trinajstić information content (AvgIpc) is 2.59. The topological polar surface area (TPSA) is 96.3 Å². The van der Waals surface area contributed by atoms with Crippen molar-refractivity contribution < 1.29 is 17.9 Å². The van der Waals surface area contributed by atoms with Crippen LogP contribution in [-0.2, 0) is 21.2 Å². The first kappa shape index (κ1) is 19.5. The average molecular weight is 372 g/mol. The number of hydrogen-bond acceptors (Lipinski definition) is 5. The maximum absolute atomic E-state index is 11.9. The summed E-state index contributed by atoms with van der Waals surface area (Å²) in [4.78, 5) is 11.9. The Labute approximate surface area is 153 Å². The summed E-state index contributed by atoms with van der Waals surface area (Å²) in [5, 5.41) is 11.5. The van der Waals surface area contributed by atoms with E-state index in [9.17, 15) is 13.2 Å². The van der Waals surface area contributed by atoms with E-state index < -0.39 is 21.5 Å². The molecule has 7 heteroatoms. The van der Waals surface area contributed by atoms with Crippen LogP contribution in [0.3, 0.4) is 0 Å². The monoisotopic (exact) mass is 372 g/mol. The Kier molecular flexibility index (Phi) is 6.75. The zero-order valence-corrected chi connectivity index (χ0v) is 15.3. The van der Waals surface area contributed by atoms with Gasteiger partial charge in [0.2, 0.25) is 5.91 Å². The predicted molar refractivity (Wildman–Crippen MR) is 99.5 cm³/mol. The van der Waals surface area contributed by atoms with Crippen molar-refractivity contribution >= 4 is 21.4 Å². The maximum Gasteiger partial charge on any atom is 0.239 e. The van der Waals surface area contributed by atoms with Crippen LogP contribution < -0.4 is 10.1 Å². The van der Waals surface area contributed by atoms with Crippen molar-refractivity contribution in [2.24, 2.45) is 0 Å². The normalized spacial score (nSPS) is 10.8. The molecule has 0 radical (unpaired) electrons. The van der Waals surface area contributed by atoms with Gasteiger partial charge in [0.1, 0.15) is 18.1 Å². The molecule has 2 aromatic carbocycles. The van der Waals surface area contributed by atoms with E-state index in [1.165, 1.54) is 0 Å². The number of amides is 1. The van der Waals surface area contributed by atoms with Gasteiger partial charge < -0.3 is 10.1 Å². The minimum Gasteiger partial charge on any atom is -0.489 e. The third kappa shape index (κ3) is 6.22. The lowest BCUT2D eigenvalue weighted by Gasteiger charge is -2.10. The van der Waals surface area contributed by atoms with Crippen LogP contribution in [0.2, 0.25) is 0 Å². The molecule has 6 nitrogen and oxygen atoms in total. The fraction of sp³-hybridized carbons (Fsp3) is 0.263. The maximum atomic E-state index is 11.9. The van der Waals surface area contributed by atoms with Crippen LogP contribution in [0.5, 0.6) is 5.75 Å². The van der Waals surface area contributed by atoms with E-state index >= 15 is 0 Å². The zero-order chi connectivity index (χ0) is 19.0. The van der Waals surface area contributed by atoms with Gasteiger partial charge in [-0.15, -0.1) is 0 Å². The lowest BCUT2D eigenvalue weighted by Crippen LogP contribution is -2.24. The number of nitrogens with one attached hydrogen (secondary N) is 1. The number of rotatable bonds is 8. The number of benzene rings is 2. The van der Waals surface area contributed by atoms with Crippen molar-refractivity contribution in [2.75, 3.05) is 16.8 Å². The lowest BCUT2D eigenvalue weighted by molar-refractivity contribution is -0.113. The number of hydrogen-bond donors (Lipinski definition) is 1. The standard InChI is InChI=1S/C19H20N2O4S/c1-2-9-26(23,24)14-19(22)21-17-7-4-8-18(11-17)25-13-16-6-3-5-15(10-16)12-20/h3-8,10-11H,2,9,13-14H2,1H3,(H,21,22). The summed E-state index contributed by atoms with van der Waals surface area (Å²) < 4.78 is 29.1. The number of ether oxygens (including phenoxy) is 1. The van der Waals surface area contributed by atoms with E-state index in [-0.39, 0.29) is 12.4 Å². The number of nitrogens with zero attached hydrogens (tertiary/aromatic N) is 1. The summed E-state index contributed by atoms with van der Waals surface area (Å²) in [6, 6.07) is 15.9. The second-order valence-corrected chi connectivity index (χ2v) is 7.95. The third-order valence-corrected chi connectivity index (χ3v) is 5.18. The van der Waals surface area contributed by atoms with Gasteiger partial charge in [-0.05, 0) is 36.2 Å². The van der Waals surface area contributed by atoms with Gasteiger partial charge in [-0.3, -0.25) is 4.79 Å². The Bertz CT molecular complexity index is 917.